The van der Waals surface area contributed by atoms with E-state index in [0.29, 0.717) is 99.8 Å². The SMILES string of the molecule is BrCCBr.C.CCC(C)c1ccc(O)cc1.CCC(C)c1ccc(O)cc1.CCC(C)c1ccc(OCCOc2c(COC)cc(C)cc2COC)cc1.CO.COCc1cc(C)cc(COC)c1O.COCc1cc(C)cc(COC)c1OCCBr.Cc1cc(CO)c(O)c(CO)c1.O=CO[O-].O=CO[O-].O=S(=O)(O)O.[H-].[H-].[K+].[K+].[K+].[K+]. The van der Waals surface area contributed by atoms with Gasteiger partial charge >= 0.3 is 216 Å². The second kappa shape index (κ2) is 86.6. The van der Waals surface area contributed by atoms with Gasteiger partial charge in [-0.2, -0.15) is 8.42 Å². The molecule has 0 spiro atoms. The van der Waals surface area contributed by atoms with Gasteiger partial charge in [0.05, 0.1) is 59.5 Å². The number of benzene rings is 7. The third kappa shape index (κ3) is 66.0. The number of phenols is 4. The molecular formula is C82H125Br3K4O26S. The van der Waals surface area contributed by atoms with E-state index in [1.165, 1.54) is 27.8 Å². The number of methoxy groups -OCH3 is 6. The zero-order valence-electron chi connectivity index (χ0n) is 73.0. The Morgan fingerprint density at radius 1 is 0.405 bits per heavy atom. The fourth-order valence-corrected chi connectivity index (χ4v) is 9.73. The van der Waals surface area contributed by atoms with Crippen LogP contribution in [0.5, 0.6) is 40.2 Å². The number of rotatable bonds is 31. The zero-order chi connectivity index (χ0) is 85.3. The molecule has 0 aliphatic carbocycles. The molecule has 116 heavy (non-hydrogen) atoms. The molecule has 26 nitrogen and oxygen atoms in total. The van der Waals surface area contributed by atoms with E-state index in [-0.39, 0.29) is 253 Å². The summed E-state index contributed by atoms with van der Waals surface area (Å²) in [5, 5.41) is 81.6. The van der Waals surface area contributed by atoms with Gasteiger partial charge in [0, 0.05) is 110 Å². The molecule has 0 saturated carbocycles. The minimum atomic E-state index is -4.67. The Kier molecular flexibility index (Phi) is 99.7. The quantitative estimate of drug-likeness (QED) is 0.00572. The summed E-state index contributed by atoms with van der Waals surface area (Å²) in [6.45, 7) is 24.9. The van der Waals surface area contributed by atoms with Crippen LogP contribution in [0.15, 0.2) is 121 Å². The summed E-state index contributed by atoms with van der Waals surface area (Å²) in [5.41, 5.74) is 15.0. The van der Waals surface area contributed by atoms with Crippen LogP contribution in [-0.4, -0.2) is 152 Å². The molecule has 7 rings (SSSR count). The van der Waals surface area contributed by atoms with E-state index < -0.39 is 10.4 Å². The van der Waals surface area contributed by atoms with Crippen LogP contribution in [0.25, 0.3) is 0 Å². The Bertz CT molecular complexity index is 3460. The molecule has 0 amide bonds. The van der Waals surface area contributed by atoms with Crippen LogP contribution >= 0.6 is 47.8 Å². The van der Waals surface area contributed by atoms with E-state index in [9.17, 15) is 10.2 Å². The maximum absolute atomic E-state index is 9.82. The average molecular weight is 1960 g/mol. The van der Waals surface area contributed by atoms with Crippen molar-refractivity contribution in [2.75, 3.05) is 85.6 Å². The summed E-state index contributed by atoms with van der Waals surface area (Å²) < 4.78 is 80.3. The second-order valence-corrected chi connectivity index (χ2v) is 27.0. The summed E-state index contributed by atoms with van der Waals surface area (Å²) in [5.74, 6) is 5.30. The summed E-state index contributed by atoms with van der Waals surface area (Å²) in [7, 11) is 6.30. The van der Waals surface area contributed by atoms with Crippen molar-refractivity contribution in [3.05, 3.63) is 205 Å². The Morgan fingerprint density at radius 2 is 0.621 bits per heavy atom. The minimum absolute atomic E-state index is 0. The summed E-state index contributed by atoms with van der Waals surface area (Å²) >= 11 is 9.76. The number of ether oxygens (including phenoxy) is 9. The number of aryl methyl sites for hydroxylation is 4. The van der Waals surface area contributed by atoms with Gasteiger partial charge in [-0.25, -0.2) is 0 Å². The van der Waals surface area contributed by atoms with Crippen LogP contribution in [0.1, 0.15) is 172 Å². The van der Waals surface area contributed by atoms with Crippen molar-refractivity contribution in [1.29, 1.82) is 0 Å². The third-order valence-electron chi connectivity index (χ3n) is 15.0. The van der Waals surface area contributed by atoms with Crippen molar-refractivity contribution >= 4 is 71.1 Å². The van der Waals surface area contributed by atoms with Crippen LogP contribution < -0.4 is 230 Å². The topological polar surface area (TPSA) is 398 Å². The van der Waals surface area contributed by atoms with Crippen LogP contribution in [0.4, 0.5) is 0 Å². The molecule has 0 radical (unpaired) electrons. The molecule has 0 heterocycles. The van der Waals surface area contributed by atoms with Crippen molar-refractivity contribution in [3.8, 4) is 40.2 Å². The largest absolute Gasteiger partial charge is 1.00 e. The molecule has 0 fully saturated rings. The molecule has 34 heteroatoms. The van der Waals surface area contributed by atoms with E-state index in [1.807, 2.05) is 62.4 Å². The molecule has 3 atom stereocenters. The van der Waals surface area contributed by atoms with Crippen LogP contribution in [0.2, 0.25) is 0 Å². The van der Waals surface area contributed by atoms with Crippen LogP contribution in [0.3, 0.4) is 0 Å². The normalized spacial score (nSPS) is 10.3. The zero-order valence-corrected chi connectivity index (χ0v) is 89.0. The fraction of sp³-hybridized carbons (Fsp3) is 0.463. The number of carbonyl (C=O) groups excluding carboxylic acids is 2. The first-order chi connectivity index (χ1) is 52.9. The number of hydrogen-bond acceptors (Lipinski definition) is 24. The van der Waals surface area contributed by atoms with Gasteiger partial charge in [-0.15, -0.1) is 0 Å². The predicted octanol–water partition coefficient (Wildman–Crippen LogP) is 3.29. The number of halogens is 3. The van der Waals surface area contributed by atoms with Gasteiger partial charge in [-0.1, -0.05) is 204 Å². The number of aliphatic hydroxyl groups is 3. The number of hydrogen-bond donors (Lipinski definition) is 9. The molecule has 0 aliphatic rings. The van der Waals surface area contributed by atoms with Crippen LogP contribution in [0, 0.1) is 27.7 Å². The number of alkyl halides is 3. The summed E-state index contributed by atoms with van der Waals surface area (Å²) in [6.07, 6.45) is 3.42. The van der Waals surface area contributed by atoms with E-state index in [2.05, 4.69) is 149 Å². The maximum atomic E-state index is 9.82. The van der Waals surface area contributed by atoms with Crippen molar-refractivity contribution in [3.63, 3.8) is 0 Å². The summed E-state index contributed by atoms with van der Waals surface area (Å²) in [4.78, 5) is 22.5. The van der Waals surface area contributed by atoms with Crippen molar-refractivity contribution in [2.24, 2.45) is 0 Å². The number of carbonyl (C=O) groups is 2. The van der Waals surface area contributed by atoms with Crippen molar-refractivity contribution < 1.29 is 334 Å². The van der Waals surface area contributed by atoms with E-state index in [1.54, 1.807) is 79.1 Å². The Morgan fingerprint density at radius 3 is 0.845 bits per heavy atom. The minimum Gasteiger partial charge on any atom is -1.00 e. The van der Waals surface area contributed by atoms with Crippen molar-refractivity contribution in [2.45, 2.75) is 167 Å². The smallest absolute Gasteiger partial charge is 1.00 e. The van der Waals surface area contributed by atoms with Gasteiger partial charge in [-0.05, 0) is 118 Å². The molecule has 3 unspecified atom stereocenters. The summed E-state index contributed by atoms with van der Waals surface area (Å²) in [6, 6.07) is 38.7. The Hall–Kier alpha value is -0.505. The van der Waals surface area contributed by atoms with Gasteiger partial charge in [0.25, 0.3) is 12.9 Å². The number of phenolic OH excluding ortho intramolecular Hbond substituents is 3. The third-order valence-corrected chi connectivity index (χ3v) is 17.2. The molecule has 0 bridgehead atoms. The maximum Gasteiger partial charge on any atom is 1.00 e. The first kappa shape index (κ1) is 133. The second-order valence-electron chi connectivity index (χ2n) is 23.7. The van der Waals surface area contributed by atoms with E-state index in [4.69, 9.17) is 106 Å². The Balaban J connectivity index is -0.000000125. The first-order valence-electron chi connectivity index (χ1n) is 34.8. The van der Waals surface area contributed by atoms with Gasteiger partial charge in [0.15, 0.2) is 0 Å². The molecular weight excluding hydrogens is 1830 g/mol. The molecule has 640 valence electrons. The van der Waals surface area contributed by atoms with E-state index >= 15 is 0 Å². The number of aromatic hydroxyl groups is 4. The molecule has 0 aliphatic heterocycles. The molecule has 7 aromatic rings. The van der Waals surface area contributed by atoms with Crippen molar-refractivity contribution in [1.82, 2.24) is 0 Å². The van der Waals surface area contributed by atoms with Gasteiger partial charge in [0.1, 0.15) is 53.5 Å². The van der Waals surface area contributed by atoms with Gasteiger partial charge < -0.3 is 102 Å². The fourth-order valence-electron chi connectivity index (χ4n) is 9.57. The monoisotopic (exact) mass is 1950 g/mol. The Labute approximate surface area is 888 Å². The first-order valence-corrected chi connectivity index (χ1v) is 39.5. The average Bonchev–Trinajstić information content (AvgIpc) is 0.851. The standard InChI is InChI=1S/C23H32O4.C13H19BrO3.C11H16O3.2C10H14O.C9H12O3.C2H4Br2.2CH2O3.CH4O.CH4.4K.H2O4S.2H/c1-6-18(3)19-7-9-22(10-8-19)26-11-12-27-23-20(15-24-4)13-17(2)14-21(23)16-25-5;1-10-6-11(8-15-2)13(17-5-4-14)12(7-10)9-16-3;1-8-4-9(6-13-2)11(12)10(5-8)7-14-3;2*1-3-8(2)9-4-6-10(11)7-5-9;1-6-2-7(4-10)9(12)8(3-6)5-11;3-1-2-4;2*2-1-4-3;1-2;;;;;;1-5(2,3)4;;/h7-10,13-14,18H,6,11-12,15-16H2,1-5H3;6-7H,4-5,8-9H2,1-3H3;4-5,12H,6-7H2,1-3H3;2*4-8,11H,3H2,1-2H3;2-3,10-12H,4-5H2,1H3;1-2H2;2*1,3H;2H,1H3;1H4;;;;;(H2,1,2,3,4);;/q;;;;;;;;;;;4*+1;;2*-1/p-2. The van der Waals surface area contributed by atoms with Gasteiger partial charge in [-0.3, -0.25) is 18.7 Å². The van der Waals surface area contributed by atoms with Crippen LogP contribution in [-0.2, 0) is 111 Å². The molecule has 7 aromatic carbocycles. The molecule has 0 saturated heterocycles. The van der Waals surface area contributed by atoms with Gasteiger partial charge in [0.2, 0.25) is 0 Å². The van der Waals surface area contributed by atoms with E-state index in [0.717, 1.165) is 104 Å². The molecule has 9 N–H and O–H groups in total. The number of aliphatic hydroxyl groups excluding tert-OH is 3. The predicted molar refractivity (Wildman–Crippen MR) is 446 cm³/mol. The molecule has 0 aromatic heterocycles.